The summed E-state index contributed by atoms with van der Waals surface area (Å²) in [4.78, 5) is 20.6. The zero-order valence-corrected chi connectivity index (χ0v) is 19.3. The summed E-state index contributed by atoms with van der Waals surface area (Å²) in [6.45, 7) is 6.75. The van der Waals surface area contributed by atoms with Crippen LogP contribution in [0.25, 0.3) is 0 Å². The van der Waals surface area contributed by atoms with Crippen molar-refractivity contribution in [3.63, 3.8) is 0 Å². The van der Waals surface area contributed by atoms with E-state index >= 15 is 0 Å². The van der Waals surface area contributed by atoms with Crippen molar-refractivity contribution in [2.45, 2.75) is 19.4 Å². The number of guanidine groups is 1. The van der Waals surface area contributed by atoms with Gasteiger partial charge in [0, 0.05) is 65.3 Å². The Bertz CT molecular complexity index is 767. The molecule has 0 aliphatic carbocycles. The molecule has 0 aromatic carbocycles. The molecule has 29 heavy (non-hydrogen) atoms. The Morgan fingerprint density at radius 3 is 2.28 bits per heavy atom. The van der Waals surface area contributed by atoms with E-state index in [0.717, 1.165) is 63.4 Å². The van der Waals surface area contributed by atoms with Crippen molar-refractivity contribution in [3.8, 4) is 0 Å². The van der Waals surface area contributed by atoms with E-state index in [1.165, 1.54) is 18.4 Å². The van der Waals surface area contributed by atoms with Crippen molar-refractivity contribution >= 4 is 41.6 Å². The molecule has 4 heterocycles. The van der Waals surface area contributed by atoms with Gasteiger partial charge >= 0.3 is 0 Å². The first kappa shape index (κ1) is 21.6. The van der Waals surface area contributed by atoms with Crippen LogP contribution < -0.4 is 15.1 Å². The smallest absolute Gasteiger partial charge is 0.194 e. The van der Waals surface area contributed by atoms with E-state index in [0.29, 0.717) is 0 Å². The summed E-state index contributed by atoms with van der Waals surface area (Å²) in [5.74, 6) is 3.09. The van der Waals surface area contributed by atoms with Gasteiger partial charge in [-0.25, -0.2) is 9.97 Å². The Labute approximate surface area is 190 Å². The molecule has 2 aromatic heterocycles. The summed E-state index contributed by atoms with van der Waals surface area (Å²) in [5, 5.41) is 3.49. The second kappa shape index (κ2) is 10.6. The summed E-state index contributed by atoms with van der Waals surface area (Å²) < 4.78 is 0. The average molecular weight is 507 g/mol. The zero-order valence-electron chi connectivity index (χ0n) is 17.0. The third-order valence-corrected chi connectivity index (χ3v) is 5.45. The van der Waals surface area contributed by atoms with Crippen molar-refractivity contribution in [3.05, 3.63) is 48.3 Å². The summed E-state index contributed by atoms with van der Waals surface area (Å²) >= 11 is 0. The second-order valence-corrected chi connectivity index (χ2v) is 7.28. The normalized spacial score (nSPS) is 17.3. The van der Waals surface area contributed by atoms with Crippen molar-refractivity contribution in [1.29, 1.82) is 0 Å². The van der Waals surface area contributed by atoms with Crippen LogP contribution in [0, 0.1) is 0 Å². The Morgan fingerprint density at radius 1 is 0.931 bits per heavy atom. The van der Waals surface area contributed by atoms with E-state index in [1.807, 2.05) is 31.6 Å². The third-order valence-electron chi connectivity index (χ3n) is 5.45. The van der Waals surface area contributed by atoms with Gasteiger partial charge in [0.05, 0.1) is 0 Å². The molecule has 1 N–H and O–H groups in total. The summed E-state index contributed by atoms with van der Waals surface area (Å²) in [5.41, 5.74) is 1.18. The lowest BCUT2D eigenvalue weighted by atomic mass is 10.2. The molecule has 2 aromatic rings. The molecule has 0 saturated carbocycles. The fourth-order valence-electron chi connectivity index (χ4n) is 3.86. The van der Waals surface area contributed by atoms with Gasteiger partial charge in [0.15, 0.2) is 5.96 Å². The molecule has 7 nitrogen and oxygen atoms in total. The summed E-state index contributed by atoms with van der Waals surface area (Å²) in [6.07, 6.45) is 6.38. The highest BCUT2D eigenvalue weighted by molar-refractivity contribution is 14.0. The SMILES string of the molecule is CN=C(NCc1ccc(N2CCCC2)nc1)N1CCN(c2ccccn2)CC1.I. The van der Waals surface area contributed by atoms with Crippen molar-refractivity contribution in [2.75, 3.05) is 56.1 Å². The maximum Gasteiger partial charge on any atom is 0.194 e. The molecule has 0 amide bonds. The predicted octanol–water partition coefficient (Wildman–Crippen LogP) is 2.59. The number of anilines is 2. The fraction of sp³-hybridized carbons (Fsp3) is 0.476. The molecular formula is C21H30IN7. The van der Waals surface area contributed by atoms with Crippen LogP contribution in [-0.4, -0.2) is 67.1 Å². The lowest BCUT2D eigenvalue weighted by Gasteiger charge is -2.37. The number of aliphatic imine (C=N–C) groups is 1. The molecule has 0 radical (unpaired) electrons. The van der Waals surface area contributed by atoms with Gasteiger partial charge in [0.25, 0.3) is 0 Å². The topological polar surface area (TPSA) is 59.9 Å². The van der Waals surface area contributed by atoms with E-state index in [9.17, 15) is 0 Å². The molecule has 2 saturated heterocycles. The van der Waals surface area contributed by atoms with Gasteiger partial charge in [-0.1, -0.05) is 12.1 Å². The van der Waals surface area contributed by atoms with Crippen LogP contribution in [-0.2, 0) is 6.54 Å². The van der Waals surface area contributed by atoms with E-state index < -0.39 is 0 Å². The van der Waals surface area contributed by atoms with Gasteiger partial charge < -0.3 is 20.0 Å². The molecular weight excluding hydrogens is 477 g/mol. The highest BCUT2D eigenvalue weighted by atomic mass is 127. The van der Waals surface area contributed by atoms with E-state index in [-0.39, 0.29) is 24.0 Å². The number of piperazine rings is 1. The molecule has 2 aliphatic rings. The first-order chi connectivity index (χ1) is 13.8. The fourth-order valence-corrected chi connectivity index (χ4v) is 3.86. The average Bonchev–Trinajstić information content (AvgIpc) is 3.31. The molecule has 2 fully saturated rings. The van der Waals surface area contributed by atoms with E-state index in [2.05, 4.69) is 53.2 Å². The van der Waals surface area contributed by atoms with Crippen LogP contribution in [0.4, 0.5) is 11.6 Å². The first-order valence-corrected chi connectivity index (χ1v) is 10.1. The van der Waals surface area contributed by atoms with Crippen molar-refractivity contribution in [1.82, 2.24) is 20.2 Å². The van der Waals surface area contributed by atoms with Crippen LogP contribution in [0.1, 0.15) is 18.4 Å². The third kappa shape index (κ3) is 5.49. The molecule has 0 unspecified atom stereocenters. The number of nitrogens with one attached hydrogen (secondary N) is 1. The van der Waals surface area contributed by atoms with Crippen LogP contribution in [0.5, 0.6) is 0 Å². The summed E-state index contributed by atoms with van der Waals surface area (Å²) in [6, 6.07) is 10.4. The van der Waals surface area contributed by atoms with Gasteiger partial charge in [0.2, 0.25) is 0 Å². The molecule has 4 rings (SSSR count). The molecule has 8 heteroatoms. The minimum Gasteiger partial charge on any atom is -0.357 e. The predicted molar refractivity (Wildman–Crippen MR) is 129 cm³/mol. The second-order valence-electron chi connectivity index (χ2n) is 7.28. The minimum absolute atomic E-state index is 0. The summed E-state index contributed by atoms with van der Waals surface area (Å²) in [7, 11) is 1.85. The lowest BCUT2D eigenvalue weighted by Crippen LogP contribution is -2.52. The Kier molecular flexibility index (Phi) is 7.91. The minimum atomic E-state index is 0. The zero-order chi connectivity index (χ0) is 19.2. The van der Waals surface area contributed by atoms with Gasteiger partial charge in [-0.05, 0) is 36.6 Å². The first-order valence-electron chi connectivity index (χ1n) is 10.1. The van der Waals surface area contributed by atoms with Gasteiger partial charge in [0.1, 0.15) is 11.6 Å². The van der Waals surface area contributed by atoms with Crippen LogP contribution in [0.2, 0.25) is 0 Å². The highest BCUT2D eigenvalue weighted by Gasteiger charge is 2.20. The van der Waals surface area contributed by atoms with Gasteiger partial charge in [-0.15, -0.1) is 24.0 Å². The van der Waals surface area contributed by atoms with Crippen LogP contribution >= 0.6 is 24.0 Å². The quantitative estimate of drug-likeness (QED) is 0.390. The van der Waals surface area contributed by atoms with Crippen molar-refractivity contribution in [2.24, 2.45) is 4.99 Å². The maximum atomic E-state index is 4.64. The number of halogens is 1. The lowest BCUT2D eigenvalue weighted by molar-refractivity contribution is 0.371. The highest BCUT2D eigenvalue weighted by Crippen LogP contribution is 2.17. The molecule has 0 bridgehead atoms. The van der Waals surface area contributed by atoms with Gasteiger partial charge in [-0.2, -0.15) is 0 Å². The van der Waals surface area contributed by atoms with E-state index in [4.69, 9.17) is 0 Å². The molecule has 0 spiro atoms. The number of pyridine rings is 2. The molecule has 156 valence electrons. The number of hydrogen-bond donors (Lipinski definition) is 1. The monoisotopic (exact) mass is 507 g/mol. The largest absolute Gasteiger partial charge is 0.357 e. The van der Waals surface area contributed by atoms with E-state index in [1.54, 1.807) is 0 Å². The Hall–Kier alpha value is -2.10. The number of rotatable bonds is 4. The van der Waals surface area contributed by atoms with Crippen molar-refractivity contribution < 1.29 is 0 Å². The Balaban J connectivity index is 0.00000240. The number of nitrogens with zero attached hydrogens (tertiary/aromatic N) is 6. The molecule has 0 atom stereocenters. The van der Waals surface area contributed by atoms with Gasteiger partial charge in [-0.3, -0.25) is 4.99 Å². The Morgan fingerprint density at radius 2 is 1.66 bits per heavy atom. The van der Waals surface area contributed by atoms with Crippen LogP contribution in [0.3, 0.4) is 0 Å². The van der Waals surface area contributed by atoms with Crippen LogP contribution in [0.15, 0.2) is 47.7 Å². The number of hydrogen-bond acceptors (Lipinski definition) is 5. The standard InChI is InChI=1S/C21H29N7.HI/c1-22-21(28-14-12-27(13-15-28)19-6-2-3-9-23-19)25-17-18-7-8-20(24-16-18)26-10-4-5-11-26;/h2-3,6-9,16H,4-5,10-15,17H2,1H3,(H,22,25);1H. The maximum absolute atomic E-state index is 4.64. The number of aromatic nitrogens is 2. The molecule has 2 aliphatic heterocycles.